The van der Waals surface area contributed by atoms with Gasteiger partial charge in [0, 0.05) is 31.0 Å². The minimum absolute atomic E-state index is 0.0855. The number of thioether (sulfide) groups is 1. The fourth-order valence-electron chi connectivity index (χ4n) is 3.16. The fourth-order valence-corrected chi connectivity index (χ4v) is 4.90. The number of fused-ring (bicyclic) bond motifs is 1. The largest absolute Gasteiger partial charge is 0.341 e. The van der Waals surface area contributed by atoms with Crippen LogP contribution in [-0.2, 0) is 30.0 Å². The average molecular weight is 390 g/mol. The Balaban J connectivity index is 1.46. The van der Waals surface area contributed by atoms with Crippen LogP contribution in [0.2, 0.25) is 0 Å². The van der Waals surface area contributed by atoms with Crippen LogP contribution in [0.25, 0.3) is 0 Å². The molecule has 2 aliphatic rings. The number of aliphatic imine (C=N–C) groups is 1. The first-order chi connectivity index (χ1) is 12.3. The van der Waals surface area contributed by atoms with E-state index in [4.69, 9.17) is 0 Å². The predicted octanol–water partition coefficient (Wildman–Crippen LogP) is 1.49. The highest BCUT2D eigenvalue weighted by molar-refractivity contribution is 8.15. The minimum atomic E-state index is -3.34. The predicted molar refractivity (Wildman–Crippen MR) is 100 cm³/mol. The molecule has 0 amide bonds. The zero-order chi connectivity index (χ0) is 18.5. The third-order valence-corrected chi connectivity index (χ3v) is 6.96. The van der Waals surface area contributed by atoms with Crippen LogP contribution in [0.1, 0.15) is 21.6 Å². The van der Waals surface area contributed by atoms with Crippen LogP contribution in [-0.4, -0.2) is 52.1 Å². The maximum absolute atomic E-state index is 12.8. The molecule has 4 rings (SSSR count). The quantitative estimate of drug-likeness (QED) is 0.739. The van der Waals surface area contributed by atoms with Crippen LogP contribution in [0.3, 0.4) is 0 Å². The number of ketones is 1. The number of benzene rings is 1. The molecule has 0 radical (unpaired) electrons. The molecule has 1 aromatic carbocycles. The van der Waals surface area contributed by atoms with Crippen molar-refractivity contribution in [3.05, 3.63) is 47.3 Å². The second-order valence-electron chi connectivity index (χ2n) is 6.49. The molecular weight excluding hydrogens is 372 g/mol. The van der Waals surface area contributed by atoms with Gasteiger partial charge < -0.3 is 4.90 Å². The van der Waals surface area contributed by atoms with Gasteiger partial charge in [-0.2, -0.15) is 5.10 Å². The van der Waals surface area contributed by atoms with Gasteiger partial charge in [-0.05, 0) is 12.1 Å². The van der Waals surface area contributed by atoms with E-state index in [0.29, 0.717) is 12.1 Å². The fraction of sp³-hybridized carbons (Fsp3) is 0.353. The van der Waals surface area contributed by atoms with Gasteiger partial charge in [0.1, 0.15) is 0 Å². The molecule has 136 valence electrons. The Hall–Kier alpha value is -2.13. The number of hydrogen-bond donors (Lipinski definition) is 0. The van der Waals surface area contributed by atoms with Gasteiger partial charge in [-0.3, -0.25) is 14.5 Å². The lowest BCUT2D eigenvalue weighted by atomic mass is 10.1. The second kappa shape index (κ2) is 6.24. The summed E-state index contributed by atoms with van der Waals surface area (Å²) < 4.78 is 25.3. The SMILES string of the molecule is Cn1ncc2c1CN(C1=NCC(C(=O)c3cccc(S(C)(=O)=O)c3)S1)C2. The maximum atomic E-state index is 12.8. The van der Waals surface area contributed by atoms with E-state index in [9.17, 15) is 13.2 Å². The van der Waals surface area contributed by atoms with Gasteiger partial charge in [0.05, 0.1) is 35.1 Å². The first kappa shape index (κ1) is 17.3. The summed E-state index contributed by atoms with van der Waals surface area (Å²) in [4.78, 5) is 19.6. The van der Waals surface area contributed by atoms with Crippen molar-refractivity contribution >= 4 is 32.6 Å². The molecule has 26 heavy (non-hydrogen) atoms. The number of carbonyl (C=O) groups is 1. The normalized spacial score (nSPS) is 19.5. The van der Waals surface area contributed by atoms with Crippen molar-refractivity contribution in [2.24, 2.45) is 12.0 Å². The number of hydrogen-bond acceptors (Lipinski definition) is 7. The van der Waals surface area contributed by atoms with Gasteiger partial charge in [-0.1, -0.05) is 23.9 Å². The highest BCUT2D eigenvalue weighted by Gasteiger charge is 2.33. The zero-order valence-corrected chi connectivity index (χ0v) is 16.0. The summed E-state index contributed by atoms with van der Waals surface area (Å²) in [6.07, 6.45) is 3.01. The lowest BCUT2D eigenvalue weighted by Gasteiger charge is -2.17. The number of aryl methyl sites for hydroxylation is 1. The summed E-state index contributed by atoms with van der Waals surface area (Å²) >= 11 is 1.45. The second-order valence-corrected chi connectivity index (χ2v) is 9.68. The summed E-state index contributed by atoms with van der Waals surface area (Å²) in [5.41, 5.74) is 2.77. The minimum Gasteiger partial charge on any atom is -0.341 e. The van der Waals surface area contributed by atoms with E-state index in [2.05, 4.69) is 15.0 Å². The van der Waals surface area contributed by atoms with Crippen molar-refractivity contribution in [1.29, 1.82) is 0 Å². The third kappa shape index (κ3) is 3.05. The van der Waals surface area contributed by atoms with Crippen molar-refractivity contribution in [3.63, 3.8) is 0 Å². The number of sulfone groups is 1. The summed E-state index contributed by atoms with van der Waals surface area (Å²) in [7, 11) is -1.42. The number of nitrogens with zero attached hydrogens (tertiary/aromatic N) is 4. The highest BCUT2D eigenvalue weighted by atomic mass is 32.2. The summed E-state index contributed by atoms with van der Waals surface area (Å²) in [6.45, 7) is 1.90. The Kier molecular flexibility index (Phi) is 4.15. The summed E-state index contributed by atoms with van der Waals surface area (Å²) in [6, 6.07) is 6.22. The van der Waals surface area contributed by atoms with Crippen LogP contribution in [0, 0.1) is 0 Å². The van der Waals surface area contributed by atoms with Gasteiger partial charge in [0.15, 0.2) is 20.8 Å². The van der Waals surface area contributed by atoms with Gasteiger partial charge in [-0.25, -0.2) is 8.42 Å². The van der Waals surface area contributed by atoms with E-state index in [-0.39, 0.29) is 15.9 Å². The number of carbonyl (C=O) groups excluding carboxylic acids is 1. The maximum Gasteiger partial charge on any atom is 0.178 e. The average Bonchev–Trinajstić information content (AvgIpc) is 3.31. The molecular formula is C17H18N4O3S2. The Morgan fingerprint density at radius 2 is 2.12 bits per heavy atom. The molecule has 0 saturated carbocycles. The Morgan fingerprint density at radius 3 is 2.85 bits per heavy atom. The highest BCUT2D eigenvalue weighted by Crippen LogP contribution is 2.32. The van der Waals surface area contributed by atoms with E-state index in [1.54, 1.807) is 12.1 Å². The number of aromatic nitrogens is 2. The number of rotatable bonds is 3. The number of Topliss-reactive ketones (excluding diaryl/α,β-unsaturated/α-hetero) is 1. The van der Waals surface area contributed by atoms with Crippen molar-refractivity contribution in [3.8, 4) is 0 Å². The standard InChI is InChI=1S/C17H18N4O3S2/c1-20-14-10-21(9-12(14)7-19-20)17-18-8-15(25-17)16(22)11-4-3-5-13(6-11)26(2,23)24/h3-7,15H,8-10H2,1-2H3. The molecule has 0 saturated heterocycles. The summed E-state index contributed by atoms with van der Waals surface area (Å²) in [5, 5.41) is 4.79. The molecule has 0 spiro atoms. The molecule has 0 bridgehead atoms. The molecule has 7 nitrogen and oxygen atoms in total. The number of amidine groups is 1. The molecule has 0 aliphatic carbocycles. The molecule has 1 unspecified atom stereocenters. The van der Waals surface area contributed by atoms with E-state index in [0.717, 1.165) is 24.5 Å². The lowest BCUT2D eigenvalue weighted by Crippen LogP contribution is -2.24. The lowest BCUT2D eigenvalue weighted by molar-refractivity contribution is 0.0992. The van der Waals surface area contributed by atoms with Gasteiger partial charge in [-0.15, -0.1) is 0 Å². The van der Waals surface area contributed by atoms with Crippen molar-refractivity contribution in [1.82, 2.24) is 14.7 Å². The van der Waals surface area contributed by atoms with Crippen LogP contribution >= 0.6 is 11.8 Å². The molecule has 0 N–H and O–H groups in total. The molecule has 2 aliphatic heterocycles. The van der Waals surface area contributed by atoms with Crippen molar-refractivity contribution < 1.29 is 13.2 Å². The molecule has 1 aromatic heterocycles. The van der Waals surface area contributed by atoms with Gasteiger partial charge in [0.2, 0.25) is 0 Å². The van der Waals surface area contributed by atoms with E-state index >= 15 is 0 Å². The molecule has 2 aromatic rings. The Morgan fingerprint density at radius 1 is 1.31 bits per heavy atom. The van der Waals surface area contributed by atoms with Crippen LogP contribution in [0.15, 0.2) is 40.4 Å². The van der Waals surface area contributed by atoms with Crippen molar-refractivity contribution in [2.75, 3.05) is 12.8 Å². The van der Waals surface area contributed by atoms with Crippen LogP contribution < -0.4 is 0 Å². The third-order valence-electron chi connectivity index (χ3n) is 4.60. The molecule has 9 heteroatoms. The van der Waals surface area contributed by atoms with Gasteiger partial charge >= 0.3 is 0 Å². The molecule has 0 fully saturated rings. The monoisotopic (exact) mass is 390 g/mol. The van der Waals surface area contributed by atoms with Crippen molar-refractivity contribution in [2.45, 2.75) is 23.2 Å². The Labute approximate surface area is 156 Å². The Bertz CT molecular complexity index is 1030. The van der Waals surface area contributed by atoms with Crippen LogP contribution in [0.4, 0.5) is 0 Å². The van der Waals surface area contributed by atoms with Gasteiger partial charge in [0.25, 0.3) is 0 Å². The topological polar surface area (TPSA) is 84.6 Å². The van der Waals surface area contributed by atoms with E-state index in [1.807, 2.05) is 17.9 Å². The molecule has 3 heterocycles. The summed E-state index contributed by atoms with van der Waals surface area (Å²) in [5.74, 6) is -0.0855. The zero-order valence-electron chi connectivity index (χ0n) is 14.4. The van der Waals surface area contributed by atoms with Crippen LogP contribution in [0.5, 0.6) is 0 Å². The van der Waals surface area contributed by atoms with E-state index < -0.39 is 9.84 Å². The smallest absolute Gasteiger partial charge is 0.178 e. The van der Waals surface area contributed by atoms with E-state index in [1.165, 1.54) is 35.2 Å². The first-order valence-corrected chi connectivity index (χ1v) is 10.9. The first-order valence-electron chi connectivity index (χ1n) is 8.13. The molecule has 1 atom stereocenters.